The van der Waals surface area contributed by atoms with Gasteiger partial charge in [0, 0.05) is 17.0 Å². The lowest BCUT2D eigenvalue weighted by Gasteiger charge is -2.32. The van der Waals surface area contributed by atoms with E-state index in [9.17, 15) is 27.5 Å². The summed E-state index contributed by atoms with van der Waals surface area (Å²) in [5.74, 6) is -1.09. The van der Waals surface area contributed by atoms with E-state index in [4.69, 9.17) is 0 Å². The Hall–Kier alpha value is -3.46. The predicted molar refractivity (Wildman–Crippen MR) is 111 cm³/mol. The number of hydrogen-bond acceptors (Lipinski definition) is 4. The second-order valence-corrected chi connectivity index (χ2v) is 7.36. The molecule has 3 aromatic rings. The second-order valence-electron chi connectivity index (χ2n) is 7.36. The summed E-state index contributed by atoms with van der Waals surface area (Å²) >= 11 is 0. The highest BCUT2D eigenvalue weighted by Crippen LogP contribution is 2.33. The molecule has 0 aliphatic carbocycles. The molecular formula is C23H19F4N3O2. The quantitative estimate of drug-likeness (QED) is 0.567. The van der Waals surface area contributed by atoms with Crippen molar-refractivity contribution in [1.29, 1.82) is 0 Å². The van der Waals surface area contributed by atoms with Gasteiger partial charge in [0.15, 0.2) is 0 Å². The fourth-order valence-corrected chi connectivity index (χ4v) is 3.56. The number of hydrazine groups is 1. The molecule has 0 saturated carbocycles. The van der Waals surface area contributed by atoms with Crippen molar-refractivity contribution >= 4 is 16.8 Å². The van der Waals surface area contributed by atoms with E-state index in [1.54, 1.807) is 24.3 Å². The van der Waals surface area contributed by atoms with E-state index in [2.05, 4.69) is 4.98 Å². The van der Waals surface area contributed by atoms with E-state index in [-0.39, 0.29) is 16.6 Å². The van der Waals surface area contributed by atoms with E-state index >= 15 is 0 Å². The van der Waals surface area contributed by atoms with Crippen LogP contribution in [-0.2, 0) is 6.42 Å². The Morgan fingerprint density at radius 2 is 1.81 bits per heavy atom. The van der Waals surface area contributed by atoms with Crippen molar-refractivity contribution in [3.63, 3.8) is 0 Å². The van der Waals surface area contributed by atoms with Crippen molar-refractivity contribution in [2.24, 2.45) is 0 Å². The molecule has 0 radical (unpaired) electrons. The number of carbonyl (C=O) groups is 1. The van der Waals surface area contributed by atoms with Crippen molar-refractivity contribution < 1.29 is 27.5 Å². The van der Waals surface area contributed by atoms with Gasteiger partial charge in [-0.05, 0) is 24.1 Å². The number of carbonyl (C=O) groups excluding carboxylic acids is 1. The minimum absolute atomic E-state index is 0.0688. The van der Waals surface area contributed by atoms with Gasteiger partial charge in [-0.3, -0.25) is 10.2 Å². The zero-order valence-electron chi connectivity index (χ0n) is 16.9. The summed E-state index contributed by atoms with van der Waals surface area (Å²) in [7, 11) is 0. The SMILES string of the molecule is CCc1ccc(-c2cc(C(=O)N3NC(C(F)F)=CC3(O)C(F)F)c3ccccc3n2)cc1. The predicted octanol–water partition coefficient (Wildman–Crippen LogP) is 4.53. The van der Waals surface area contributed by atoms with E-state index in [1.807, 2.05) is 36.6 Å². The molecule has 9 heteroatoms. The third-order valence-corrected chi connectivity index (χ3v) is 5.33. The Bertz CT molecular complexity index is 1200. The third kappa shape index (κ3) is 3.69. The van der Waals surface area contributed by atoms with Crippen LogP contribution in [0.5, 0.6) is 0 Å². The molecule has 1 amide bonds. The van der Waals surface area contributed by atoms with Gasteiger partial charge < -0.3 is 5.11 Å². The number of rotatable bonds is 5. The van der Waals surface area contributed by atoms with Gasteiger partial charge in [0.25, 0.3) is 18.8 Å². The first kappa shape index (κ1) is 21.8. The molecular weight excluding hydrogens is 426 g/mol. The number of hydrogen-bond donors (Lipinski definition) is 2. The van der Waals surface area contributed by atoms with Gasteiger partial charge in [0.1, 0.15) is 0 Å². The first-order valence-corrected chi connectivity index (χ1v) is 9.86. The highest BCUT2D eigenvalue weighted by atomic mass is 19.3. The molecule has 32 heavy (non-hydrogen) atoms. The fraction of sp³-hybridized carbons (Fsp3) is 0.217. The first-order valence-electron chi connectivity index (χ1n) is 9.86. The minimum atomic E-state index is -3.52. The van der Waals surface area contributed by atoms with Gasteiger partial charge in [-0.25, -0.2) is 27.6 Å². The first-order chi connectivity index (χ1) is 15.2. The van der Waals surface area contributed by atoms with Crippen LogP contribution >= 0.6 is 0 Å². The number of benzene rings is 2. The molecule has 0 fully saturated rings. The molecule has 166 valence electrons. The number of aromatic nitrogens is 1. The monoisotopic (exact) mass is 445 g/mol. The van der Waals surface area contributed by atoms with E-state index in [0.29, 0.717) is 22.2 Å². The molecule has 1 aliphatic rings. The number of nitrogens with zero attached hydrogens (tertiary/aromatic N) is 2. The van der Waals surface area contributed by atoms with Gasteiger partial charge in [-0.2, -0.15) is 0 Å². The minimum Gasteiger partial charge on any atom is -0.361 e. The molecule has 1 atom stereocenters. The maximum atomic E-state index is 13.6. The van der Waals surface area contributed by atoms with Gasteiger partial charge in [0.2, 0.25) is 5.72 Å². The standard InChI is InChI=1S/C23H19F4N3O2/c1-2-13-7-9-14(10-8-13)18-11-16(15-5-3-4-6-17(15)28-18)21(31)30-23(32,22(26)27)12-19(29-30)20(24)25/h3-12,20,22,29,32H,2H2,1H3. The van der Waals surface area contributed by atoms with Gasteiger partial charge in [0.05, 0.1) is 22.5 Å². The molecule has 2 aromatic carbocycles. The largest absolute Gasteiger partial charge is 0.361 e. The molecule has 5 nitrogen and oxygen atoms in total. The van der Waals surface area contributed by atoms with Crippen LogP contribution < -0.4 is 5.43 Å². The van der Waals surface area contributed by atoms with E-state index in [0.717, 1.165) is 12.0 Å². The van der Waals surface area contributed by atoms with Gasteiger partial charge in [-0.15, -0.1) is 0 Å². The van der Waals surface area contributed by atoms with Crippen molar-refractivity contribution in [3.8, 4) is 11.3 Å². The Morgan fingerprint density at radius 1 is 1.12 bits per heavy atom. The number of allylic oxidation sites excluding steroid dienone is 1. The maximum absolute atomic E-state index is 13.6. The van der Waals surface area contributed by atoms with Gasteiger partial charge in [-0.1, -0.05) is 49.4 Å². The molecule has 0 bridgehead atoms. The highest BCUT2D eigenvalue weighted by Gasteiger charge is 2.51. The summed E-state index contributed by atoms with van der Waals surface area (Å²) in [6.45, 7) is 2.01. The number of halogens is 4. The molecule has 1 aliphatic heterocycles. The maximum Gasteiger partial charge on any atom is 0.291 e. The van der Waals surface area contributed by atoms with Crippen molar-refractivity contribution in [2.75, 3.05) is 0 Å². The van der Waals surface area contributed by atoms with Crippen LogP contribution in [0.3, 0.4) is 0 Å². The normalized spacial score (nSPS) is 18.4. The lowest BCUT2D eigenvalue weighted by atomic mass is 10.0. The Kier molecular flexibility index (Phi) is 5.60. The summed E-state index contributed by atoms with van der Waals surface area (Å²) in [5.41, 5.74) is 0.268. The molecule has 0 saturated heterocycles. The number of para-hydroxylation sites is 1. The van der Waals surface area contributed by atoms with E-state index < -0.39 is 30.2 Å². The number of fused-ring (bicyclic) bond motifs is 1. The van der Waals surface area contributed by atoms with Crippen molar-refractivity contribution in [2.45, 2.75) is 31.9 Å². The smallest absolute Gasteiger partial charge is 0.291 e. The summed E-state index contributed by atoms with van der Waals surface area (Å²) < 4.78 is 53.6. The van der Waals surface area contributed by atoms with Crippen LogP contribution in [0.1, 0.15) is 22.8 Å². The number of aliphatic hydroxyl groups is 1. The summed E-state index contributed by atoms with van der Waals surface area (Å²) in [5, 5.41) is 10.8. The zero-order valence-corrected chi connectivity index (χ0v) is 16.9. The average Bonchev–Trinajstić information content (AvgIpc) is 3.17. The van der Waals surface area contributed by atoms with Crippen molar-refractivity contribution in [1.82, 2.24) is 15.4 Å². The lowest BCUT2D eigenvalue weighted by molar-refractivity contribution is -0.146. The number of alkyl halides is 4. The van der Waals surface area contributed by atoms with Crippen molar-refractivity contribution in [3.05, 3.63) is 77.5 Å². The average molecular weight is 445 g/mol. The van der Waals surface area contributed by atoms with Crippen LogP contribution in [0, 0.1) is 0 Å². The molecule has 2 heterocycles. The van der Waals surface area contributed by atoms with Crippen LogP contribution in [0.4, 0.5) is 17.6 Å². The van der Waals surface area contributed by atoms with Crippen LogP contribution in [0.15, 0.2) is 66.4 Å². The second kappa shape index (κ2) is 8.23. The third-order valence-electron chi connectivity index (χ3n) is 5.33. The molecule has 0 spiro atoms. The summed E-state index contributed by atoms with van der Waals surface area (Å²) in [6, 6.07) is 15.4. The van der Waals surface area contributed by atoms with Gasteiger partial charge >= 0.3 is 0 Å². The number of aryl methyl sites for hydroxylation is 1. The molecule has 2 N–H and O–H groups in total. The lowest BCUT2D eigenvalue weighted by Crippen LogP contribution is -2.56. The Balaban J connectivity index is 1.83. The van der Waals surface area contributed by atoms with Crippen LogP contribution in [-0.4, -0.2) is 39.6 Å². The zero-order chi connectivity index (χ0) is 23.0. The topological polar surface area (TPSA) is 65.5 Å². The Morgan fingerprint density at radius 3 is 2.44 bits per heavy atom. The van der Waals surface area contributed by atoms with Crippen LogP contribution in [0.25, 0.3) is 22.2 Å². The van der Waals surface area contributed by atoms with Crippen LogP contribution in [0.2, 0.25) is 0 Å². The molecule has 1 aromatic heterocycles. The fourth-order valence-electron chi connectivity index (χ4n) is 3.56. The molecule has 4 rings (SSSR count). The summed E-state index contributed by atoms with van der Waals surface area (Å²) in [6.07, 6.45) is -5.60. The molecule has 1 unspecified atom stereocenters. The van der Waals surface area contributed by atoms with E-state index in [1.165, 1.54) is 6.07 Å². The number of amides is 1. The number of nitrogens with one attached hydrogen (secondary N) is 1. The number of pyridine rings is 1. The highest BCUT2D eigenvalue weighted by molar-refractivity contribution is 6.07. The Labute approximate surface area is 181 Å². The summed E-state index contributed by atoms with van der Waals surface area (Å²) in [4.78, 5) is 17.8.